The summed E-state index contributed by atoms with van der Waals surface area (Å²) in [5.74, 6) is -2.80. The minimum Gasteiger partial charge on any atom is -0.454 e. The zero-order valence-electron chi connectivity index (χ0n) is 14.2. The number of carbonyl (C=O) groups is 2. The smallest absolute Gasteiger partial charge is 0.449 e. The van der Waals surface area contributed by atoms with Gasteiger partial charge in [0, 0.05) is 10.2 Å². The van der Waals surface area contributed by atoms with Crippen molar-refractivity contribution in [2.45, 2.75) is 12.7 Å². The molecule has 0 aliphatic heterocycles. The second-order valence-corrected chi connectivity index (χ2v) is 6.64. The van der Waals surface area contributed by atoms with Crippen LogP contribution in [0, 0.1) is 0 Å². The molecule has 0 aliphatic rings. The number of amides is 1. The maximum atomic E-state index is 13.2. The second-order valence-electron chi connectivity index (χ2n) is 5.72. The average Bonchev–Trinajstić information content (AvgIpc) is 3.01. The highest BCUT2D eigenvalue weighted by molar-refractivity contribution is 9.10. The largest absolute Gasteiger partial charge is 0.454 e. The molecule has 0 radical (unpaired) electrons. The number of ether oxygens (including phenoxy) is 1. The molecule has 3 aromatic rings. The zero-order chi connectivity index (χ0) is 20.3. The lowest BCUT2D eigenvalue weighted by Crippen LogP contribution is -2.24. The van der Waals surface area contributed by atoms with Gasteiger partial charge in [0.1, 0.15) is 6.54 Å². The van der Waals surface area contributed by atoms with E-state index >= 15 is 0 Å². The third kappa shape index (κ3) is 4.69. The first kappa shape index (κ1) is 19.9. The van der Waals surface area contributed by atoms with Gasteiger partial charge in [-0.3, -0.25) is 9.59 Å². The molecule has 0 aliphatic carbocycles. The maximum absolute atomic E-state index is 13.2. The van der Waals surface area contributed by atoms with Gasteiger partial charge in [-0.25, -0.2) is 4.98 Å². The summed E-state index contributed by atoms with van der Waals surface area (Å²) in [5, 5.41) is 2.51. The van der Waals surface area contributed by atoms with Gasteiger partial charge in [0.05, 0.1) is 11.0 Å². The number of nitrogens with zero attached hydrogens (tertiary/aromatic N) is 2. The van der Waals surface area contributed by atoms with Crippen molar-refractivity contribution < 1.29 is 27.5 Å². The van der Waals surface area contributed by atoms with Crippen LogP contribution in [-0.2, 0) is 27.0 Å². The van der Waals surface area contributed by atoms with Crippen LogP contribution in [0.3, 0.4) is 0 Å². The van der Waals surface area contributed by atoms with Gasteiger partial charge in [0.15, 0.2) is 6.61 Å². The number of imidazole rings is 1. The van der Waals surface area contributed by atoms with Crippen molar-refractivity contribution in [2.75, 3.05) is 11.9 Å². The third-order valence-electron chi connectivity index (χ3n) is 3.69. The lowest BCUT2D eigenvalue weighted by molar-refractivity contribution is -0.152. The molecular weight excluding hydrogens is 443 g/mol. The molecule has 0 saturated heterocycles. The van der Waals surface area contributed by atoms with Crippen LogP contribution in [0.2, 0.25) is 0 Å². The Labute approximate surface area is 165 Å². The molecule has 1 heterocycles. The van der Waals surface area contributed by atoms with E-state index in [1.165, 1.54) is 18.2 Å². The van der Waals surface area contributed by atoms with Crippen LogP contribution in [0.25, 0.3) is 11.0 Å². The summed E-state index contributed by atoms with van der Waals surface area (Å²) >= 11 is 3.26. The molecule has 0 spiro atoms. The first-order valence-corrected chi connectivity index (χ1v) is 8.77. The Kier molecular flexibility index (Phi) is 5.68. The van der Waals surface area contributed by atoms with Crippen LogP contribution in [0.4, 0.5) is 18.9 Å². The predicted molar refractivity (Wildman–Crippen MR) is 98.5 cm³/mol. The van der Waals surface area contributed by atoms with Crippen molar-refractivity contribution in [1.82, 2.24) is 9.55 Å². The average molecular weight is 456 g/mol. The summed E-state index contributed by atoms with van der Waals surface area (Å²) in [6.45, 7) is -1.34. The third-order valence-corrected chi connectivity index (χ3v) is 4.22. The lowest BCUT2D eigenvalue weighted by Gasteiger charge is -2.11. The summed E-state index contributed by atoms with van der Waals surface area (Å²) in [7, 11) is 0. The fraction of sp³-hybridized carbons (Fsp3) is 0.167. The number of esters is 1. The Balaban J connectivity index is 1.66. The van der Waals surface area contributed by atoms with Gasteiger partial charge in [-0.15, -0.1) is 0 Å². The molecule has 1 aromatic heterocycles. The van der Waals surface area contributed by atoms with Crippen molar-refractivity contribution in [3.05, 3.63) is 58.8 Å². The number of halogens is 4. The van der Waals surface area contributed by atoms with Gasteiger partial charge >= 0.3 is 12.1 Å². The van der Waals surface area contributed by atoms with E-state index in [0.29, 0.717) is 5.69 Å². The number of anilines is 1. The molecule has 10 heteroatoms. The number of para-hydroxylation sites is 2. The van der Waals surface area contributed by atoms with E-state index in [2.05, 4.69) is 26.2 Å². The molecular formula is C18H13BrF3N3O3. The van der Waals surface area contributed by atoms with Crippen LogP contribution in [0.5, 0.6) is 0 Å². The molecule has 0 fully saturated rings. The number of aromatic nitrogens is 2. The zero-order valence-corrected chi connectivity index (χ0v) is 15.8. The van der Waals surface area contributed by atoms with Crippen LogP contribution < -0.4 is 5.32 Å². The minimum atomic E-state index is -4.74. The molecule has 0 saturated carbocycles. The van der Waals surface area contributed by atoms with E-state index in [1.54, 1.807) is 30.3 Å². The molecule has 1 N–H and O–H groups in total. The van der Waals surface area contributed by atoms with E-state index in [4.69, 9.17) is 4.74 Å². The molecule has 3 rings (SSSR count). The Morgan fingerprint density at radius 3 is 2.46 bits per heavy atom. The Morgan fingerprint density at radius 2 is 1.79 bits per heavy atom. The lowest BCUT2D eigenvalue weighted by atomic mass is 10.3. The molecule has 146 valence electrons. The van der Waals surface area contributed by atoms with Crippen molar-refractivity contribution in [3.8, 4) is 0 Å². The van der Waals surface area contributed by atoms with Gasteiger partial charge in [0.25, 0.3) is 5.91 Å². The Morgan fingerprint density at radius 1 is 1.11 bits per heavy atom. The van der Waals surface area contributed by atoms with Gasteiger partial charge < -0.3 is 14.6 Å². The Hall–Kier alpha value is -2.88. The number of hydrogen-bond acceptors (Lipinski definition) is 4. The monoisotopic (exact) mass is 455 g/mol. The summed E-state index contributed by atoms with van der Waals surface area (Å²) in [6, 6.07) is 12.6. The van der Waals surface area contributed by atoms with Crippen molar-refractivity contribution in [2.24, 2.45) is 0 Å². The number of benzene rings is 2. The second kappa shape index (κ2) is 8.01. The van der Waals surface area contributed by atoms with Gasteiger partial charge in [-0.05, 0) is 36.4 Å². The van der Waals surface area contributed by atoms with Gasteiger partial charge in [-0.2, -0.15) is 13.2 Å². The summed E-state index contributed by atoms with van der Waals surface area (Å²) < 4.78 is 46.0. The van der Waals surface area contributed by atoms with Crippen molar-refractivity contribution in [1.29, 1.82) is 0 Å². The first-order chi connectivity index (χ1) is 13.2. The number of fused-ring (bicyclic) bond motifs is 1. The SMILES string of the molecule is O=C(COC(=O)Cn1c(C(F)(F)F)nc2ccccc21)Nc1ccc(Br)cc1. The first-order valence-electron chi connectivity index (χ1n) is 7.97. The molecule has 1 amide bonds. The van der Waals surface area contributed by atoms with Crippen molar-refractivity contribution in [3.63, 3.8) is 0 Å². The fourth-order valence-corrected chi connectivity index (χ4v) is 2.77. The Bertz CT molecular complexity index is 1020. The number of nitrogens with one attached hydrogen (secondary N) is 1. The number of alkyl halides is 3. The number of hydrogen-bond donors (Lipinski definition) is 1. The molecule has 0 atom stereocenters. The molecule has 0 unspecified atom stereocenters. The summed E-state index contributed by atoms with van der Waals surface area (Å²) in [4.78, 5) is 27.4. The van der Waals surface area contributed by atoms with E-state index < -0.39 is 37.0 Å². The number of carbonyl (C=O) groups excluding carboxylic acids is 2. The molecule has 0 bridgehead atoms. The normalized spacial score (nSPS) is 11.4. The van der Waals surface area contributed by atoms with Crippen LogP contribution in [0.15, 0.2) is 53.0 Å². The molecule has 2 aromatic carbocycles. The topological polar surface area (TPSA) is 73.2 Å². The highest BCUT2D eigenvalue weighted by atomic mass is 79.9. The predicted octanol–water partition coefficient (Wildman–Crippen LogP) is 4.00. The van der Waals surface area contributed by atoms with Crippen LogP contribution >= 0.6 is 15.9 Å². The quantitative estimate of drug-likeness (QED) is 0.590. The minimum absolute atomic E-state index is 0.107. The van der Waals surface area contributed by atoms with Crippen molar-refractivity contribution >= 4 is 44.5 Å². The van der Waals surface area contributed by atoms with Gasteiger partial charge in [0.2, 0.25) is 5.82 Å². The highest BCUT2D eigenvalue weighted by Crippen LogP contribution is 2.31. The van der Waals surface area contributed by atoms with E-state index in [9.17, 15) is 22.8 Å². The molecule has 28 heavy (non-hydrogen) atoms. The van der Waals surface area contributed by atoms with Gasteiger partial charge in [-0.1, -0.05) is 28.1 Å². The van der Waals surface area contributed by atoms with E-state index in [1.807, 2.05) is 0 Å². The number of rotatable bonds is 5. The summed E-state index contributed by atoms with van der Waals surface area (Å²) in [5.41, 5.74) is 0.742. The maximum Gasteiger partial charge on any atom is 0.449 e. The highest BCUT2D eigenvalue weighted by Gasteiger charge is 2.38. The van der Waals surface area contributed by atoms with E-state index in [0.717, 1.165) is 9.04 Å². The van der Waals surface area contributed by atoms with Crippen LogP contribution in [-0.4, -0.2) is 28.0 Å². The van der Waals surface area contributed by atoms with Crippen LogP contribution in [0.1, 0.15) is 5.82 Å². The molecule has 6 nitrogen and oxygen atoms in total. The fourth-order valence-electron chi connectivity index (χ4n) is 2.50. The van der Waals surface area contributed by atoms with E-state index in [-0.39, 0.29) is 11.0 Å². The summed E-state index contributed by atoms with van der Waals surface area (Å²) in [6.07, 6.45) is -4.74. The standard InChI is InChI=1S/C18H13BrF3N3O3/c19-11-5-7-12(8-6-11)23-15(26)10-28-16(27)9-25-14-4-2-1-3-13(14)24-17(25)18(20,21)22/h1-8H,9-10H2,(H,23,26).